The van der Waals surface area contributed by atoms with Crippen molar-refractivity contribution in [1.82, 2.24) is 0 Å². The van der Waals surface area contributed by atoms with E-state index in [1.165, 1.54) is 6.07 Å². The molecule has 0 aromatic heterocycles. The van der Waals surface area contributed by atoms with Crippen LogP contribution in [0.4, 0.5) is 13.2 Å². The first-order valence-corrected chi connectivity index (χ1v) is 5.77. The van der Waals surface area contributed by atoms with E-state index >= 15 is 0 Å². The Hall–Kier alpha value is -1.15. The van der Waals surface area contributed by atoms with Gasteiger partial charge in [0.2, 0.25) is 0 Å². The van der Waals surface area contributed by atoms with Gasteiger partial charge in [0.25, 0.3) is 0 Å². The molecular formula is C11H10F3NS. The van der Waals surface area contributed by atoms with E-state index in [-0.39, 0.29) is 5.75 Å². The maximum absolute atomic E-state index is 12.2. The van der Waals surface area contributed by atoms with Crippen LogP contribution in [0.3, 0.4) is 0 Å². The minimum Gasteiger partial charge on any atom is -0.198 e. The molecule has 0 fully saturated rings. The lowest BCUT2D eigenvalue weighted by Gasteiger charge is -2.12. The SMILES string of the molecule is N#CC(CSCc1ccccc1)C(F)(F)F. The molecule has 0 spiro atoms. The monoisotopic (exact) mass is 245 g/mol. The fourth-order valence-electron chi connectivity index (χ4n) is 1.07. The van der Waals surface area contributed by atoms with Crippen molar-refractivity contribution in [2.45, 2.75) is 11.9 Å². The standard InChI is InChI=1S/C11H10F3NS/c12-11(13,14)10(6-15)8-16-7-9-4-2-1-3-5-9/h1-5,10H,7-8H2. The number of alkyl halides is 3. The molecular weight excluding hydrogens is 235 g/mol. The third kappa shape index (κ3) is 4.15. The van der Waals surface area contributed by atoms with E-state index in [1.807, 2.05) is 30.3 Å². The number of hydrogen-bond acceptors (Lipinski definition) is 2. The summed E-state index contributed by atoms with van der Waals surface area (Å²) < 4.78 is 36.6. The zero-order valence-electron chi connectivity index (χ0n) is 8.37. The highest BCUT2D eigenvalue weighted by atomic mass is 32.2. The summed E-state index contributed by atoms with van der Waals surface area (Å²) in [6.07, 6.45) is -4.42. The molecule has 1 aromatic rings. The molecule has 0 saturated heterocycles. The Balaban J connectivity index is 2.39. The molecule has 0 heterocycles. The summed E-state index contributed by atoms with van der Waals surface area (Å²) in [4.78, 5) is 0. The van der Waals surface area contributed by atoms with E-state index < -0.39 is 12.1 Å². The number of benzene rings is 1. The average molecular weight is 245 g/mol. The minimum absolute atomic E-state index is 0.213. The number of rotatable bonds is 4. The number of hydrogen-bond donors (Lipinski definition) is 0. The van der Waals surface area contributed by atoms with Gasteiger partial charge in [-0.15, -0.1) is 0 Å². The second kappa shape index (κ2) is 5.80. The summed E-state index contributed by atoms with van der Waals surface area (Å²) in [6, 6.07) is 10.5. The van der Waals surface area contributed by atoms with Crippen molar-refractivity contribution in [3.8, 4) is 6.07 Å². The van der Waals surface area contributed by atoms with Gasteiger partial charge in [0, 0.05) is 11.5 Å². The van der Waals surface area contributed by atoms with Gasteiger partial charge in [-0.3, -0.25) is 0 Å². The lowest BCUT2D eigenvalue weighted by Crippen LogP contribution is -2.23. The van der Waals surface area contributed by atoms with Crippen LogP contribution in [0.2, 0.25) is 0 Å². The molecule has 1 rings (SSSR count). The van der Waals surface area contributed by atoms with E-state index in [0.717, 1.165) is 17.3 Å². The Morgan fingerprint density at radius 2 is 1.88 bits per heavy atom. The van der Waals surface area contributed by atoms with Crippen LogP contribution in [-0.4, -0.2) is 11.9 Å². The van der Waals surface area contributed by atoms with Gasteiger partial charge in [0.1, 0.15) is 0 Å². The number of thioether (sulfide) groups is 1. The van der Waals surface area contributed by atoms with Crippen LogP contribution in [0.1, 0.15) is 5.56 Å². The highest BCUT2D eigenvalue weighted by Gasteiger charge is 2.39. The second-order valence-electron chi connectivity index (χ2n) is 3.22. The maximum Gasteiger partial charge on any atom is 0.405 e. The molecule has 86 valence electrons. The fourth-order valence-corrected chi connectivity index (χ4v) is 2.12. The van der Waals surface area contributed by atoms with Gasteiger partial charge >= 0.3 is 6.18 Å². The molecule has 5 heteroatoms. The molecule has 0 saturated carbocycles. The van der Waals surface area contributed by atoms with E-state index in [0.29, 0.717) is 5.75 Å². The van der Waals surface area contributed by atoms with Crippen molar-refractivity contribution in [2.75, 3.05) is 5.75 Å². The molecule has 0 aliphatic heterocycles. The molecule has 1 nitrogen and oxygen atoms in total. The van der Waals surface area contributed by atoms with Crippen molar-refractivity contribution in [1.29, 1.82) is 5.26 Å². The molecule has 0 amide bonds. The van der Waals surface area contributed by atoms with Crippen LogP contribution in [-0.2, 0) is 5.75 Å². The van der Waals surface area contributed by atoms with E-state index in [1.54, 1.807) is 0 Å². The topological polar surface area (TPSA) is 23.8 Å². The predicted octanol–water partition coefficient (Wildman–Crippen LogP) is 3.62. The molecule has 0 N–H and O–H groups in total. The van der Waals surface area contributed by atoms with Gasteiger partial charge in [-0.1, -0.05) is 30.3 Å². The Bertz CT molecular complexity index is 356. The summed E-state index contributed by atoms with van der Waals surface area (Å²) in [5.74, 6) is -1.59. The van der Waals surface area contributed by atoms with Crippen molar-refractivity contribution < 1.29 is 13.2 Å². The van der Waals surface area contributed by atoms with Crippen molar-refractivity contribution in [3.05, 3.63) is 35.9 Å². The van der Waals surface area contributed by atoms with Crippen molar-refractivity contribution >= 4 is 11.8 Å². The van der Waals surface area contributed by atoms with Gasteiger partial charge in [-0.05, 0) is 5.56 Å². The van der Waals surface area contributed by atoms with Crippen molar-refractivity contribution in [2.24, 2.45) is 5.92 Å². The van der Waals surface area contributed by atoms with Crippen LogP contribution in [0.15, 0.2) is 30.3 Å². The first-order valence-electron chi connectivity index (χ1n) is 4.62. The average Bonchev–Trinajstić information content (AvgIpc) is 2.24. The molecule has 0 aliphatic carbocycles. The summed E-state index contributed by atoms with van der Waals surface area (Å²) in [5, 5.41) is 8.38. The molecule has 1 unspecified atom stereocenters. The predicted molar refractivity (Wildman–Crippen MR) is 57.8 cm³/mol. The number of nitrogens with zero attached hydrogens (tertiary/aromatic N) is 1. The molecule has 0 bridgehead atoms. The molecule has 16 heavy (non-hydrogen) atoms. The summed E-state index contributed by atoms with van der Waals surface area (Å²) in [7, 11) is 0. The number of nitriles is 1. The fraction of sp³-hybridized carbons (Fsp3) is 0.364. The summed E-state index contributed by atoms with van der Waals surface area (Å²) in [5.41, 5.74) is 0.964. The maximum atomic E-state index is 12.2. The second-order valence-corrected chi connectivity index (χ2v) is 4.25. The molecule has 0 radical (unpaired) electrons. The Labute approximate surface area is 96.3 Å². The summed E-state index contributed by atoms with van der Waals surface area (Å²) in [6.45, 7) is 0. The zero-order chi connectivity index (χ0) is 12.0. The quantitative estimate of drug-likeness (QED) is 0.808. The van der Waals surface area contributed by atoms with Crippen LogP contribution in [0.25, 0.3) is 0 Å². The molecule has 0 aliphatic rings. The van der Waals surface area contributed by atoms with Gasteiger partial charge in [0.15, 0.2) is 5.92 Å². The molecule has 1 atom stereocenters. The Morgan fingerprint density at radius 3 is 2.38 bits per heavy atom. The van der Waals surface area contributed by atoms with Gasteiger partial charge in [0.05, 0.1) is 6.07 Å². The lowest BCUT2D eigenvalue weighted by atomic mass is 10.2. The third-order valence-corrected chi connectivity index (χ3v) is 3.05. The highest BCUT2D eigenvalue weighted by Crippen LogP contribution is 2.29. The normalized spacial score (nSPS) is 13.1. The van der Waals surface area contributed by atoms with Gasteiger partial charge < -0.3 is 0 Å². The van der Waals surface area contributed by atoms with E-state index in [4.69, 9.17) is 5.26 Å². The zero-order valence-corrected chi connectivity index (χ0v) is 9.18. The first kappa shape index (κ1) is 12.9. The number of halogens is 3. The largest absolute Gasteiger partial charge is 0.405 e. The van der Waals surface area contributed by atoms with Gasteiger partial charge in [-0.2, -0.15) is 30.2 Å². The smallest absolute Gasteiger partial charge is 0.198 e. The van der Waals surface area contributed by atoms with Crippen molar-refractivity contribution in [3.63, 3.8) is 0 Å². The summed E-state index contributed by atoms with van der Waals surface area (Å²) >= 11 is 1.12. The molecule has 1 aromatic carbocycles. The van der Waals surface area contributed by atoms with Crippen LogP contribution < -0.4 is 0 Å². The van der Waals surface area contributed by atoms with E-state index in [2.05, 4.69) is 0 Å². The highest BCUT2D eigenvalue weighted by molar-refractivity contribution is 7.98. The Morgan fingerprint density at radius 1 is 1.25 bits per heavy atom. The Kier molecular flexibility index (Phi) is 4.69. The van der Waals surface area contributed by atoms with Crippen LogP contribution >= 0.6 is 11.8 Å². The third-order valence-electron chi connectivity index (χ3n) is 1.95. The lowest BCUT2D eigenvalue weighted by molar-refractivity contribution is -0.152. The van der Waals surface area contributed by atoms with Crippen LogP contribution in [0.5, 0.6) is 0 Å². The van der Waals surface area contributed by atoms with Crippen LogP contribution in [0, 0.1) is 17.2 Å². The first-order chi connectivity index (χ1) is 7.54. The van der Waals surface area contributed by atoms with E-state index in [9.17, 15) is 13.2 Å². The minimum atomic E-state index is -4.42. The van der Waals surface area contributed by atoms with Gasteiger partial charge in [-0.25, -0.2) is 0 Å².